The molecule has 1 aliphatic rings. The third-order valence-corrected chi connectivity index (χ3v) is 4.23. The first-order chi connectivity index (χ1) is 11.6. The van der Waals surface area contributed by atoms with E-state index in [2.05, 4.69) is 0 Å². The summed E-state index contributed by atoms with van der Waals surface area (Å²) in [5.41, 5.74) is 2.81. The summed E-state index contributed by atoms with van der Waals surface area (Å²) in [5, 5.41) is 0. The molecule has 24 heavy (non-hydrogen) atoms. The van der Waals surface area contributed by atoms with Crippen molar-refractivity contribution in [1.29, 1.82) is 0 Å². The standard InChI is InChI=1S/C19H19NO4/c21-17(16-9-8-14-5-1-2-6-15(14)11-16)13-24-19(23)12-20-10-4-3-7-18(20)22/h3-4,7-11H,1-2,5-6,12-13H2. The van der Waals surface area contributed by atoms with Crippen LogP contribution in [0, 0.1) is 0 Å². The molecule has 0 fully saturated rings. The van der Waals surface area contributed by atoms with E-state index >= 15 is 0 Å². The minimum atomic E-state index is -0.602. The Kier molecular flexibility index (Phi) is 4.89. The summed E-state index contributed by atoms with van der Waals surface area (Å²) in [6.07, 6.45) is 5.90. The molecule has 1 heterocycles. The van der Waals surface area contributed by atoms with Gasteiger partial charge in [0, 0.05) is 17.8 Å². The van der Waals surface area contributed by atoms with Gasteiger partial charge in [0.05, 0.1) is 0 Å². The predicted molar refractivity (Wildman–Crippen MR) is 89.1 cm³/mol. The number of aryl methyl sites for hydroxylation is 2. The first-order valence-corrected chi connectivity index (χ1v) is 8.09. The molecule has 5 heteroatoms. The van der Waals surface area contributed by atoms with Crippen molar-refractivity contribution in [3.63, 3.8) is 0 Å². The molecule has 1 aliphatic carbocycles. The number of ketones is 1. The molecular formula is C19H19NO4. The Bertz CT molecular complexity index is 822. The molecule has 5 nitrogen and oxygen atoms in total. The van der Waals surface area contributed by atoms with E-state index in [1.807, 2.05) is 12.1 Å². The van der Waals surface area contributed by atoms with Gasteiger partial charge < -0.3 is 9.30 Å². The van der Waals surface area contributed by atoms with Crippen LogP contribution in [0.2, 0.25) is 0 Å². The van der Waals surface area contributed by atoms with E-state index < -0.39 is 5.97 Å². The van der Waals surface area contributed by atoms with Crippen LogP contribution >= 0.6 is 0 Å². The van der Waals surface area contributed by atoms with Crippen molar-refractivity contribution >= 4 is 11.8 Å². The lowest BCUT2D eigenvalue weighted by molar-refractivity contribution is -0.143. The quantitative estimate of drug-likeness (QED) is 0.624. The van der Waals surface area contributed by atoms with Crippen LogP contribution in [-0.2, 0) is 28.9 Å². The Hall–Kier alpha value is -2.69. The van der Waals surface area contributed by atoms with Crippen LogP contribution in [0.15, 0.2) is 47.4 Å². The molecule has 0 spiro atoms. The Morgan fingerprint density at radius 2 is 1.83 bits per heavy atom. The number of rotatable bonds is 5. The van der Waals surface area contributed by atoms with Crippen molar-refractivity contribution in [2.24, 2.45) is 0 Å². The van der Waals surface area contributed by atoms with E-state index in [0.717, 1.165) is 19.3 Å². The number of aromatic nitrogens is 1. The summed E-state index contributed by atoms with van der Waals surface area (Å²) in [6, 6.07) is 10.3. The first-order valence-electron chi connectivity index (χ1n) is 8.09. The van der Waals surface area contributed by atoms with Crippen LogP contribution in [0.1, 0.15) is 34.3 Å². The van der Waals surface area contributed by atoms with Gasteiger partial charge in [-0.1, -0.05) is 18.2 Å². The van der Waals surface area contributed by atoms with Gasteiger partial charge in [-0.05, 0) is 48.9 Å². The van der Waals surface area contributed by atoms with E-state index in [1.165, 1.54) is 34.4 Å². The van der Waals surface area contributed by atoms with Gasteiger partial charge in [-0.15, -0.1) is 0 Å². The van der Waals surface area contributed by atoms with Gasteiger partial charge in [0.1, 0.15) is 6.54 Å². The lowest BCUT2D eigenvalue weighted by atomic mass is 9.90. The van der Waals surface area contributed by atoms with E-state index in [0.29, 0.717) is 5.56 Å². The second-order valence-corrected chi connectivity index (χ2v) is 5.94. The summed E-state index contributed by atoms with van der Waals surface area (Å²) in [5.74, 6) is -0.827. The largest absolute Gasteiger partial charge is 0.456 e. The Balaban J connectivity index is 1.58. The van der Waals surface area contributed by atoms with Gasteiger partial charge in [0.15, 0.2) is 12.4 Å². The summed E-state index contributed by atoms with van der Waals surface area (Å²) in [6.45, 7) is -0.504. The van der Waals surface area contributed by atoms with Gasteiger partial charge in [-0.25, -0.2) is 0 Å². The molecule has 0 bridgehead atoms. The van der Waals surface area contributed by atoms with Gasteiger partial charge in [0.25, 0.3) is 5.56 Å². The number of esters is 1. The van der Waals surface area contributed by atoms with Crippen LogP contribution in [0.25, 0.3) is 0 Å². The fourth-order valence-electron chi connectivity index (χ4n) is 2.91. The highest BCUT2D eigenvalue weighted by atomic mass is 16.5. The van der Waals surface area contributed by atoms with E-state index in [1.54, 1.807) is 18.2 Å². The van der Waals surface area contributed by atoms with E-state index in [4.69, 9.17) is 4.74 Å². The van der Waals surface area contributed by atoms with Crippen LogP contribution < -0.4 is 5.56 Å². The molecule has 0 aliphatic heterocycles. The first kappa shape index (κ1) is 16.2. The van der Waals surface area contributed by atoms with Gasteiger partial charge in [-0.2, -0.15) is 0 Å². The molecule has 0 unspecified atom stereocenters. The highest BCUT2D eigenvalue weighted by Gasteiger charge is 2.14. The topological polar surface area (TPSA) is 65.4 Å². The number of fused-ring (bicyclic) bond motifs is 1. The number of hydrogen-bond donors (Lipinski definition) is 0. The van der Waals surface area contributed by atoms with Crippen molar-refractivity contribution in [2.75, 3.05) is 6.61 Å². The van der Waals surface area contributed by atoms with Crippen LogP contribution in [0.5, 0.6) is 0 Å². The number of nitrogens with zero attached hydrogens (tertiary/aromatic N) is 1. The fourth-order valence-corrected chi connectivity index (χ4v) is 2.91. The van der Waals surface area contributed by atoms with Crippen molar-refractivity contribution < 1.29 is 14.3 Å². The maximum absolute atomic E-state index is 12.2. The summed E-state index contributed by atoms with van der Waals surface area (Å²) in [7, 11) is 0. The third kappa shape index (κ3) is 3.79. The molecule has 0 radical (unpaired) electrons. The Morgan fingerprint density at radius 3 is 2.62 bits per heavy atom. The summed E-state index contributed by atoms with van der Waals surface area (Å²) < 4.78 is 6.25. The maximum atomic E-state index is 12.2. The molecule has 124 valence electrons. The van der Waals surface area contributed by atoms with Crippen molar-refractivity contribution in [2.45, 2.75) is 32.2 Å². The zero-order chi connectivity index (χ0) is 16.9. The monoisotopic (exact) mass is 325 g/mol. The molecule has 0 amide bonds. The average molecular weight is 325 g/mol. The normalized spacial score (nSPS) is 13.2. The fraction of sp³-hybridized carbons (Fsp3) is 0.316. The Labute approximate surface area is 139 Å². The second kappa shape index (κ2) is 7.25. The van der Waals surface area contributed by atoms with Crippen LogP contribution in [0.4, 0.5) is 0 Å². The molecule has 1 aromatic heterocycles. The highest BCUT2D eigenvalue weighted by Crippen LogP contribution is 2.22. The molecule has 0 atom stereocenters. The SMILES string of the molecule is O=C(Cn1ccccc1=O)OCC(=O)c1ccc2c(c1)CCCC2. The highest BCUT2D eigenvalue weighted by molar-refractivity contribution is 5.98. The van der Waals surface area contributed by atoms with Crippen LogP contribution in [-0.4, -0.2) is 22.9 Å². The molecular weight excluding hydrogens is 306 g/mol. The number of carbonyl (C=O) groups excluding carboxylic acids is 2. The number of carbonyl (C=O) groups is 2. The lowest BCUT2D eigenvalue weighted by Crippen LogP contribution is -2.25. The number of Topliss-reactive ketones (excluding diaryl/α,β-unsaturated/α-hetero) is 1. The second-order valence-electron chi connectivity index (χ2n) is 5.94. The van der Waals surface area contributed by atoms with Crippen LogP contribution in [0.3, 0.4) is 0 Å². The van der Waals surface area contributed by atoms with Gasteiger partial charge in [0.2, 0.25) is 0 Å². The van der Waals surface area contributed by atoms with E-state index in [-0.39, 0.29) is 24.5 Å². The van der Waals surface area contributed by atoms with Gasteiger partial charge >= 0.3 is 5.97 Å². The number of ether oxygens (including phenoxy) is 1. The van der Waals surface area contributed by atoms with Crippen molar-refractivity contribution in [3.05, 3.63) is 69.6 Å². The van der Waals surface area contributed by atoms with E-state index in [9.17, 15) is 14.4 Å². The van der Waals surface area contributed by atoms with Gasteiger partial charge in [-0.3, -0.25) is 14.4 Å². The molecule has 3 rings (SSSR count). The molecule has 0 saturated heterocycles. The number of hydrogen-bond acceptors (Lipinski definition) is 4. The maximum Gasteiger partial charge on any atom is 0.326 e. The zero-order valence-corrected chi connectivity index (χ0v) is 13.4. The smallest absolute Gasteiger partial charge is 0.326 e. The minimum Gasteiger partial charge on any atom is -0.456 e. The molecule has 2 aromatic rings. The summed E-state index contributed by atoms with van der Waals surface area (Å²) >= 11 is 0. The predicted octanol–water partition coefficient (Wildman–Crippen LogP) is 2.15. The number of pyridine rings is 1. The lowest BCUT2D eigenvalue weighted by Gasteiger charge is -2.16. The molecule has 0 saturated carbocycles. The molecule has 0 N–H and O–H groups in total. The van der Waals surface area contributed by atoms with Crippen molar-refractivity contribution in [1.82, 2.24) is 4.57 Å². The summed E-state index contributed by atoms with van der Waals surface area (Å²) in [4.78, 5) is 35.5. The zero-order valence-electron chi connectivity index (χ0n) is 13.4. The average Bonchev–Trinajstić information content (AvgIpc) is 2.61. The number of benzene rings is 1. The van der Waals surface area contributed by atoms with Crippen molar-refractivity contribution in [3.8, 4) is 0 Å². The Morgan fingerprint density at radius 1 is 1.04 bits per heavy atom. The minimum absolute atomic E-state index is 0.197. The molecule has 1 aromatic carbocycles. The third-order valence-electron chi connectivity index (χ3n) is 4.23.